The number of rotatable bonds is 5. The molecular weight excluding hydrogens is 214 g/mol. The maximum absolute atomic E-state index is 11.5. The number of nitrogens with zero attached hydrogens (tertiary/aromatic N) is 1. The molecule has 0 aliphatic rings. The molecule has 0 aromatic carbocycles. The molecule has 1 N–H and O–H groups in total. The smallest absolute Gasteiger partial charge is 0.305 e. The van der Waals surface area contributed by atoms with E-state index in [-0.39, 0.29) is 23.6 Å². The zero-order valence-electron chi connectivity index (χ0n) is 9.74. The third kappa shape index (κ3) is 8.30. The molecule has 0 aromatic rings. The first-order valence-corrected chi connectivity index (χ1v) is 5.80. The lowest BCUT2D eigenvalue weighted by molar-refractivity contribution is -0.137. The topological polar surface area (TPSA) is 57.6 Å². The number of carbonyl (C=O) groups is 2. The van der Waals surface area contributed by atoms with Crippen LogP contribution in [-0.4, -0.2) is 46.0 Å². The van der Waals surface area contributed by atoms with Gasteiger partial charge in [-0.15, -0.1) is 11.8 Å². The highest BCUT2D eigenvalue weighted by molar-refractivity contribution is 8.01. The Labute approximate surface area is 95.0 Å². The summed E-state index contributed by atoms with van der Waals surface area (Å²) in [6, 6.07) is 0. The molecule has 0 atom stereocenters. The van der Waals surface area contributed by atoms with E-state index in [1.54, 1.807) is 18.8 Å². The predicted octanol–water partition coefficient (Wildman–Crippen LogP) is 1.45. The number of hydrogen-bond acceptors (Lipinski definition) is 3. The second-order valence-corrected chi connectivity index (χ2v) is 6.16. The molecule has 0 radical (unpaired) electrons. The summed E-state index contributed by atoms with van der Waals surface area (Å²) in [6.07, 6.45) is 0.00241. The van der Waals surface area contributed by atoms with Crippen molar-refractivity contribution in [1.82, 2.24) is 4.90 Å². The van der Waals surface area contributed by atoms with Gasteiger partial charge in [0.2, 0.25) is 5.91 Å². The van der Waals surface area contributed by atoms with Crippen LogP contribution in [0.2, 0.25) is 0 Å². The van der Waals surface area contributed by atoms with Crippen molar-refractivity contribution in [3.05, 3.63) is 0 Å². The van der Waals surface area contributed by atoms with Crippen LogP contribution in [0.4, 0.5) is 0 Å². The van der Waals surface area contributed by atoms with Gasteiger partial charge >= 0.3 is 5.97 Å². The van der Waals surface area contributed by atoms with E-state index < -0.39 is 5.97 Å². The summed E-state index contributed by atoms with van der Waals surface area (Å²) in [7, 11) is 1.63. The summed E-state index contributed by atoms with van der Waals surface area (Å²) < 4.78 is 0.0588. The summed E-state index contributed by atoms with van der Waals surface area (Å²) in [4.78, 5) is 23.3. The Balaban J connectivity index is 3.84. The maximum atomic E-state index is 11.5. The van der Waals surface area contributed by atoms with Crippen molar-refractivity contribution in [2.45, 2.75) is 31.9 Å². The van der Waals surface area contributed by atoms with Crippen molar-refractivity contribution in [2.75, 3.05) is 19.3 Å². The second-order valence-electron chi connectivity index (χ2n) is 4.36. The minimum Gasteiger partial charge on any atom is -0.481 e. The summed E-state index contributed by atoms with van der Waals surface area (Å²) in [6.45, 7) is 6.41. The SMILES string of the molecule is CN(CCC(=O)O)C(=O)CSC(C)(C)C. The number of aliphatic carboxylic acids is 1. The van der Waals surface area contributed by atoms with Gasteiger partial charge in [-0.2, -0.15) is 0 Å². The Kier molecular flexibility index (Phi) is 5.72. The molecule has 5 heteroatoms. The van der Waals surface area contributed by atoms with E-state index >= 15 is 0 Å². The molecule has 0 saturated heterocycles. The molecule has 0 rings (SSSR count). The van der Waals surface area contributed by atoms with E-state index in [1.165, 1.54) is 4.90 Å². The third-order valence-corrected chi connectivity index (χ3v) is 2.97. The van der Waals surface area contributed by atoms with Gasteiger partial charge in [-0.1, -0.05) is 20.8 Å². The maximum Gasteiger partial charge on any atom is 0.305 e. The number of hydrogen-bond donors (Lipinski definition) is 1. The fourth-order valence-corrected chi connectivity index (χ4v) is 1.55. The number of amides is 1. The lowest BCUT2D eigenvalue weighted by Gasteiger charge is -2.20. The molecule has 15 heavy (non-hydrogen) atoms. The Morgan fingerprint density at radius 2 is 1.87 bits per heavy atom. The Bertz CT molecular complexity index is 235. The molecule has 0 heterocycles. The van der Waals surface area contributed by atoms with Gasteiger partial charge in [0, 0.05) is 18.3 Å². The highest BCUT2D eigenvalue weighted by atomic mass is 32.2. The molecule has 4 nitrogen and oxygen atoms in total. The van der Waals surface area contributed by atoms with Crippen molar-refractivity contribution in [3.8, 4) is 0 Å². The molecule has 0 aliphatic carbocycles. The van der Waals surface area contributed by atoms with Gasteiger partial charge in [0.25, 0.3) is 0 Å². The van der Waals surface area contributed by atoms with E-state index in [0.29, 0.717) is 5.75 Å². The quantitative estimate of drug-likeness (QED) is 0.781. The number of carboxylic acid groups (broad SMARTS) is 1. The van der Waals surface area contributed by atoms with Gasteiger partial charge in [0.15, 0.2) is 0 Å². The standard InChI is InChI=1S/C10H19NO3S/c1-10(2,3)15-7-8(12)11(4)6-5-9(13)14/h5-7H2,1-4H3,(H,13,14). The zero-order valence-corrected chi connectivity index (χ0v) is 10.6. The molecule has 0 aromatic heterocycles. The van der Waals surface area contributed by atoms with Crippen LogP contribution in [0.15, 0.2) is 0 Å². The summed E-state index contributed by atoms with van der Waals surface area (Å²) >= 11 is 1.57. The summed E-state index contributed by atoms with van der Waals surface area (Å²) in [5, 5.41) is 8.46. The van der Waals surface area contributed by atoms with Gasteiger partial charge in [-0.05, 0) is 0 Å². The highest BCUT2D eigenvalue weighted by Crippen LogP contribution is 2.22. The van der Waals surface area contributed by atoms with Crippen LogP contribution in [0, 0.1) is 0 Å². The van der Waals surface area contributed by atoms with Crippen LogP contribution < -0.4 is 0 Å². The van der Waals surface area contributed by atoms with Gasteiger partial charge in [-0.25, -0.2) is 0 Å². The lowest BCUT2D eigenvalue weighted by atomic mass is 10.3. The van der Waals surface area contributed by atoms with Crippen LogP contribution >= 0.6 is 11.8 Å². The van der Waals surface area contributed by atoms with Crippen molar-refractivity contribution >= 4 is 23.6 Å². The van der Waals surface area contributed by atoms with Crippen molar-refractivity contribution in [3.63, 3.8) is 0 Å². The average molecular weight is 233 g/mol. The summed E-state index contributed by atoms with van der Waals surface area (Å²) in [5.41, 5.74) is 0. The first-order valence-electron chi connectivity index (χ1n) is 4.82. The van der Waals surface area contributed by atoms with E-state index in [2.05, 4.69) is 0 Å². The van der Waals surface area contributed by atoms with Crippen molar-refractivity contribution < 1.29 is 14.7 Å². The number of carboxylic acids is 1. The van der Waals surface area contributed by atoms with Gasteiger partial charge < -0.3 is 10.0 Å². The molecule has 0 aliphatic heterocycles. The largest absolute Gasteiger partial charge is 0.481 e. The fourth-order valence-electron chi connectivity index (χ4n) is 0.776. The summed E-state index contributed by atoms with van der Waals surface area (Å²) in [5.74, 6) is -0.492. The molecular formula is C10H19NO3S. The predicted molar refractivity (Wildman–Crippen MR) is 62.1 cm³/mol. The van der Waals surface area contributed by atoms with Crippen LogP contribution in [0.1, 0.15) is 27.2 Å². The zero-order chi connectivity index (χ0) is 12.1. The first-order chi connectivity index (χ1) is 6.72. The Morgan fingerprint density at radius 1 is 1.33 bits per heavy atom. The minimum absolute atomic E-state index is 0.00241. The fraction of sp³-hybridized carbons (Fsp3) is 0.800. The van der Waals surface area contributed by atoms with Gasteiger partial charge in [0.1, 0.15) is 0 Å². The molecule has 1 amide bonds. The van der Waals surface area contributed by atoms with E-state index in [4.69, 9.17) is 5.11 Å². The number of thioether (sulfide) groups is 1. The van der Waals surface area contributed by atoms with Gasteiger partial charge in [0.05, 0.1) is 12.2 Å². The van der Waals surface area contributed by atoms with E-state index in [1.807, 2.05) is 20.8 Å². The first kappa shape index (κ1) is 14.3. The molecule has 0 unspecified atom stereocenters. The second kappa shape index (κ2) is 6.00. The van der Waals surface area contributed by atoms with E-state index in [9.17, 15) is 9.59 Å². The van der Waals surface area contributed by atoms with Crippen LogP contribution in [-0.2, 0) is 9.59 Å². The Morgan fingerprint density at radius 3 is 2.27 bits per heavy atom. The Hall–Kier alpha value is -0.710. The third-order valence-electron chi connectivity index (χ3n) is 1.72. The minimum atomic E-state index is -0.877. The molecule has 0 spiro atoms. The van der Waals surface area contributed by atoms with Crippen LogP contribution in [0.3, 0.4) is 0 Å². The normalized spacial score (nSPS) is 11.2. The molecule has 88 valence electrons. The molecule has 0 saturated carbocycles. The van der Waals surface area contributed by atoms with Crippen molar-refractivity contribution in [2.24, 2.45) is 0 Å². The van der Waals surface area contributed by atoms with Gasteiger partial charge in [-0.3, -0.25) is 9.59 Å². The highest BCUT2D eigenvalue weighted by Gasteiger charge is 2.16. The lowest BCUT2D eigenvalue weighted by Crippen LogP contribution is -2.31. The van der Waals surface area contributed by atoms with E-state index in [0.717, 1.165) is 0 Å². The van der Waals surface area contributed by atoms with Crippen molar-refractivity contribution in [1.29, 1.82) is 0 Å². The number of carbonyl (C=O) groups excluding carboxylic acids is 1. The molecule has 0 bridgehead atoms. The molecule has 0 fully saturated rings. The van der Waals surface area contributed by atoms with Crippen LogP contribution in [0.25, 0.3) is 0 Å². The van der Waals surface area contributed by atoms with Crippen LogP contribution in [0.5, 0.6) is 0 Å². The average Bonchev–Trinajstić information content (AvgIpc) is 2.08. The monoisotopic (exact) mass is 233 g/mol.